The summed E-state index contributed by atoms with van der Waals surface area (Å²) in [6.45, 7) is 3.47. The maximum absolute atomic E-state index is 13.6. The summed E-state index contributed by atoms with van der Waals surface area (Å²) in [4.78, 5) is 40.2. The van der Waals surface area contributed by atoms with Crippen molar-refractivity contribution in [3.63, 3.8) is 0 Å². The number of hydrogen-bond donors (Lipinski definition) is 2. The molecule has 6 heteroatoms. The number of urea groups is 1. The second kappa shape index (κ2) is 8.67. The van der Waals surface area contributed by atoms with Crippen molar-refractivity contribution in [3.05, 3.63) is 101 Å². The van der Waals surface area contributed by atoms with Gasteiger partial charge in [-0.15, -0.1) is 0 Å². The Hall–Kier alpha value is -3.93. The summed E-state index contributed by atoms with van der Waals surface area (Å²) in [5.74, 6) is -0.862. The van der Waals surface area contributed by atoms with Crippen LogP contribution in [-0.2, 0) is 21.5 Å². The molecule has 1 fully saturated rings. The minimum absolute atomic E-state index is 0.289. The molecule has 3 aromatic rings. The van der Waals surface area contributed by atoms with E-state index in [4.69, 9.17) is 0 Å². The number of anilines is 1. The van der Waals surface area contributed by atoms with Gasteiger partial charge in [-0.25, -0.2) is 4.79 Å². The molecule has 0 spiro atoms. The van der Waals surface area contributed by atoms with Crippen LogP contribution in [0.4, 0.5) is 10.5 Å². The molecule has 4 rings (SSSR count). The smallest absolute Gasteiger partial charge is 0.324 e. The topological polar surface area (TPSA) is 78.5 Å². The summed E-state index contributed by atoms with van der Waals surface area (Å²) in [5, 5.41) is 5.70. The molecule has 0 aliphatic carbocycles. The van der Waals surface area contributed by atoms with Crippen LogP contribution in [0.2, 0.25) is 0 Å². The van der Waals surface area contributed by atoms with E-state index in [9.17, 15) is 14.4 Å². The number of nitrogens with zero attached hydrogens (tertiary/aromatic N) is 1. The lowest BCUT2D eigenvalue weighted by atomic mass is 9.83. The van der Waals surface area contributed by atoms with E-state index >= 15 is 0 Å². The number of benzene rings is 3. The SMILES string of the molecule is Cc1ccc(C)c(NC(=O)CN2C(=O)N[C@](Cc3ccccc3)(c3ccccc3)C2=O)c1. The van der Waals surface area contributed by atoms with Gasteiger partial charge in [0.2, 0.25) is 5.91 Å². The van der Waals surface area contributed by atoms with Crippen molar-refractivity contribution in [2.24, 2.45) is 0 Å². The van der Waals surface area contributed by atoms with Crippen LogP contribution in [0.5, 0.6) is 0 Å². The van der Waals surface area contributed by atoms with Crippen LogP contribution in [-0.4, -0.2) is 29.3 Å². The molecule has 1 aliphatic heterocycles. The fraction of sp³-hybridized carbons (Fsp3) is 0.192. The van der Waals surface area contributed by atoms with Gasteiger partial charge in [0.25, 0.3) is 5.91 Å². The molecule has 1 aliphatic rings. The molecular formula is C26H25N3O3. The average Bonchev–Trinajstić information content (AvgIpc) is 3.02. The molecule has 1 heterocycles. The minimum atomic E-state index is -1.26. The van der Waals surface area contributed by atoms with Crippen LogP contribution in [0.25, 0.3) is 0 Å². The number of imide groups is 1. The fourth-order valence-electron chi connectivity index (χ4n) is 4.02. The third-order valence-electron chi connectivity index (χ3n) is 5.72. The van der Waals surface area contributed by atoms with Crippen molar-refractivity contribution in [1.29, 1.82) is 0 Å². The van der Waals surface area contributed by atoms with E-state index in [0.29, 0.717) is 11.3 Å². The second-order valence-electron chi connectivity index (χ2n) is 8.12. The van der Waals surface area contributed by atoms with Gasteiger partial charge >= 0.3 is 6.03 Å². The maximum atomic E-state index is 13.6. The molecule has 162 valence electrons. The molecule has 1 atom stereocenters. The van der Waals surface area contributed by atoms with Crippen molar-refractivity contribution < 1.29 is 14.4 Å². The first-order chi connectivity index (χ1) is 15.4. The lowest BCUT2D eigenvalue weighted by Gasteiger charge is -2.27. The summed E-state index contributed by atoms with van der Waals surface area (Å²) >= 11 is 0. The number of amides is 4. The second-order valence-corrected chi connectivity index (χ2v) is 8.12. The predicted molar refractivity (Wildman–Crippen MR) is 123 cm³/mol. The molecule has 0 bridgehead atoms. The highest BCUT2D eigenvalue weighted by Gasteiger charge is 2.52. The van der Waals surface area contributed by atoms with Crippen LogP contribution < -0.4 is 10.6 Å². The summed E-state index contributed by atoms with van der Waals surface area (Å²) < 4.78 is 0. The number of rotatable bonds is 6. The lowest BCUT2D eigenvalue weighted by molar-refractivity contribution is -0.134. The molecule has 32 heavy (non-hydrogen) atoms. The number of aryl methyl sites for hydroxylation is 2. The monoisotopic (exact) mass is 427 g/mol. The molecular weight excluding hydrogens is 402 g/mol. The third-order valence-corrected chi connectivity index (χ3v) is 5.72. The summed E-state index contributed by atoms with van der Waals surface area (Å²) in [7, 11) is 0. The van der Waals surface area contributed by atoms with Gasteiger partial charge in [0.05, 0.1) is 0 Å². The number of hydrogen-bond acceptors (Lipinski definition) is 3. The molecule has 6 nitrogen and oxygen atoms in total. The molecule has 3 aromatic carbocycles. The van der Waals surface area contributed by atoms with Gasteiger partial charge in [0.1, 0.15) is 6.54 Å². The zero-order valence-corrected chi connectivity index (χ0v) is 18.1. The van der Waals surface area contributed by atoms with E-state index in [2.05, 4.69) is 10.6 Å². The van der Waals surface area contributed by atoms with Gasteiger partial charge in [-0.3, -0.25) is 14.5 Å². The Bertz CT molecular complexity index is 1160. The zero-order chi connectivity index (χ0) is 22.7. The molecule has 2 N–H and O–H groups in total. The van der Waals surface area contributed by atoms with Gasteiger partial charge in [0, 0.05) is 12.1 Å². The van der Waals surface area contributed by atoms with E-state index < -0.39 is 23.4 Å². The van der Waals surface area contributed by atoms with Gasteiger partial charge in [-0.1, -0.05) is 72.8 Å². The quantitative estimate of drug-likeness (QED) is 0.585. The molecule has 4 amide bonds. The van der Waals surface area contributed by atoms with E-state index in [1.165, 1.54) is 0 Å². The van der Waals surface area contributed by atoms with E-state index in [1.54, 1.807) is 0 Å². The Morgan fingerprint density at radius 2 is 1.59 bits per heavy atom. The highest BCUT2D eigenvalue weighted by molar-refractivity contribution is 6.10. The van der Waals surface area contributed by atoms with Crippen LogP contribution in [0.1, 0.15) is 22.3 Å². The van der Waals surface area contributed by atoms with E-state index in [-0.39, 0.29) is 13.0 Å². The molecule has 0 radical (unpaired) electrons. The Morgan fingerprint density at radius 3 is 2.28 bits per heavy atom. The van der Waals surface area contributed by atoms with Crippen molar-refractivity contribution in [3.8, 4) is 0 Å². The highest BCUT2D eigenvalue weighted by atomic mass is 16.2. The maximum Gasteiger partial charge on any atom is 0.325 e. The van der Waals surface area contributed by atoms with Gasteiger partial charge in [-0.05, 0) is 42.2 Å². The number of carbonyl (C=O) groups excluding carboxylic acids is 3. The first kappa shape index (κ1) is 21.3. The van der Waals surface area contributed by atoms with Crippen LogP contribution in [0.3, 0.4) is 0 Å². The normalized spacial score (nSPS) is 17.9. The van der Waals surface area contributed by atoms with Gasteiger partial charge < -0.3 is 10.6 Å². The summed E-state index contributed by atoms with van der Waals surface area (Å²) in [5.41, 5.74) is 2.90. The summed E-state index contributed by atoms with van der Waals surface area (Å²) in [6, 6.07) is 23.8. The lowest BCUT2D eigenvalue weighted by Crippen LogP contribution is -2.46. The fourth-order valence-corrected chi connectivity index (χ4v) is 4.02. The van der Waals surface area contributed by atoms with Gasteiger partial charge in [-0.2, -0.15) is 0 Å². The standard InChI is InChI=1S/C26H25N3O3/c1-18-13-14-19(2)22(15-18)27-23(30)17-29-24(31)26(28-25(29)32,21-11-7-4-8-12-21)16-20-9-5-3-6-10-20/h3-15H,16-17H2,1-2H3,(H,27,30)(H,28,32)/t26-/m1/s1. The van der Waals surface area contributed by atoms with Crippen molar-refractivity contribution in [1.82, 2.24) is 10.2 Å². The Labute approximate surface area is 187 Å². The minimum Gasteiger partial charge on any atom is -0.324 e. The van der Waals surface area contributed by atoms with Crippen LogP contribution in [0, 0.1) is 13.8 Å². The molecule has 0 unspecified atom stereocenters. The first-order valence-electron chi connectivity index (χ1n) is 10.5. The Balaban J connectivity index is 1.61. The zero-order valence-electron chi connectivity index (χ0n) is 18.1. The first-order valence-corrected chi connectivity index (χ1v) is 10.5. The van der Waals surface area contributed by atoms with E-state index in [1.807, 2.05) is 92.7 Å². The van der Waals surface area contributed by atoms with Crippen LogP contribution in [0.15, 0.2) is 78.9 Å². The Kier molecular flexibility index (Phi) is 5.77. The number of nitrogens with one attached hydrogen (secondary N) is 2. The van der Waals surface area contributed by atoms with Crippen molar-refractivity contribution in [2.75, 3.05) is 11.9 Å². The highest BCUT2D eigenvalue weighted by Crippen LogP contribution is 2.33. The van der Waals surface area contributed by atoms with Gasteiger partial charge in [0.15, 0.2) is 5.54 Å². The molecule has 1 saturated heterocycles. The van der Waals surface area contributed by atoms with Crippen molar-refractivity contribution in [2.45, 2.75) is 25.8 Å². The average molecular weight is 428 g/mol. The Morgan fingerprint density at radius 1 is 0.938 bits per heavy atom. The van der Waals surface area contributed by atoms with Crippen LogP contribution >= 0.6 is 0 Å². The van der Waals surface area contributed by atoms with E-state index in [0.717, 1.165) is 21.6 Å². The summed E-state index contributed by atoms with van der Waals surface area (Å²) in [6.07, 6.45) is 0.289. The molecule has 0 saturated carbocycles. The van der Waals surface area contributed by atoms with Crippen molar-refractivity contribution >= 4 is 23.5 Å². The molecule has 0 aromatic heterocycles. The predicted octanol–water partition coefficient (Wildman–Crippen LogP) is 3.93. The number of carbonyl (C=O) groups is 3. The largest absolute Gasteiger partial charge is 0.325 e. The third kappa shape index (κ3) is 4.12.